The third-order valence-electron chi connectivity index (χ3n) is 2.02. The summed E-state index contributed by atoms with van der Waals surface area (Å²) in [6, 6.07) is 1.93. The summed E-state index contributed by atoms with van der Waals surface area (Å²) in [5.41, 5.74) is -0.780. The molecule has 0 fully saturated rings. The van der Waals surface area contributed by atoms with Crippen molar-refractivity contribution < 1.29 is 22.7 Å². The molecule has 0 radical (unpaired) electrons. The molecule has 0 aromatic heterocycles. The minimum absolute atomic E-state index is 0.0188. The molecule has 0 bridgehead atoms. The highest BCUT2D eigenvalue weighted by Gasteiger charge is 2.21. The van der Waals surface area contributed by atoms with Crippen LogP contribution >= 0.6 is 0 Å². The van der Waals surface area contributed by atoms with Crippen LogP contribution in [-0.2, 0) is 0 Å². The zero-order chi connectivity index (χ0) is 12.3. The van der Waals surface area contributed by atoms with E-state index in [0.717, 1.165) is 12.1 Å². The highest BCUT2D eigenvalue weighted by atomic mass is 19.3. The van der Waals surface area contributed by atoms with Crippen molar-refractivity contribution >= 4 is 5.78 Å². The van der Waals surface area contributed by atoms with Crippen molar-refractivity contribution in [1.29, 1.82) is 0 Å². The smallest absolute Gasteiger partial charge is 0.270 e. The maximum Gasteiger partial charge on any atom is 0.270 e. The topological polar surface area (TPSA) is 26.3 Å². The van der Waals surface area contributed by atoms with Crippen LogP contribution in [0.4, 0.5) is 13.2 Å². The molecule has 0 aliphatic carbocycles. The van der Waals surface area contributed by atoms with Gasteiger partial charge in [-0.1, -0.05) is 0 Å². The summed E-state index contributed by atoms with van der Waals surface area (Å²) < 4.78 is 43.3. The molecule has 0 spiro atoms. The van der Waals surface area contributed by atoms with Gasteiger partial charge >= 0.3 is 0 Å². The van der Waals surface area contributed by atoms with Crippen LogP contribution in [0.25, 0.3) is 0 Å². The average Bonchev–Trinajstić information content (AvgIpc) is 2.16. The van der Waals surface area contributed by atoms with Crippen LogP contribution in [0.15, 0.2) is 12.1 Å². The number of hydrogen-bond donors (Lipinski definition) is 0. The second kappa shape index (κ2) is 5.01. The van der Waals surface area contributed by atoms with Crippen molar-refractivity contribution in [3.63, 3.8) is 0 Å². The monoisotopic (exact) mass is 232 g/mol. The van der Waals surface area contributed by atoms with Crippen molar-refractivity contribution in [2.45, 2.75) is 20.3 Å². The Morgan fingerprint density at radius 2 is 2.06 bits per heavy atom. The highest BCUT2D eigenvalue weighted by molar-refractivity contribution is 5.94. The van der Waals surface area contributed by atoms with Gasteiger partial charge in [-0.15, -0.1) is 0 Å². The van der Waals surface area contributed by atoms with E-state index in [2.05, 4.69) is 0 Å². The van der Waals surface area contributed by atoms with E-state index in [-0.39, 0.29) is 17.9 Å². The van der Waals surface area contributed by atoms with Crippen LogP contribution in [0, 0.1) is 5.82 Å². The molecule has 0 saturated heterocycles. The number of Topliss-reactive ketones (excluding diaryl/α,β-unsaturated/α-hetero) is 1. The number of ether oxygens (including phenoxy) is 1. The fraction of sp³-hybridized carbons (Fsp3) is 0.364. The summed E-state index contributed by atoms with van der Waals surface area (Å²) in [7, 11) is 0. The predicted octanol–water partition coefficient (Wildman–Crippen LogP) is 3.36. The van der Waals surface area contributed by atoms with Gasteiger partial charge in [0.1, 0.15) is 11.6 Å². The van der Waals surface area contributed by atoms with Gasteiger partial charge in [0, 0.05) is 5.56 Å². The molecule has 1 aromatic carbocycles. The molecule has 1 aromatic rings. The molecular weight excluding hydrogens is 221 g/mol. The van der Waals surface area contributed by atoms with Crippen LogP contribution in [0.3, 0.4) is 0 Å². The van der Waals surface area contributed by atoms with Gasteiger partial charge in [0.05, 0.1) is 12.2 Å². The van der Waals surface area contributed by atoms with Gasteiger partial charge in [0.15, 0.2) is 5.78 Å². The van der Waals surface area contributed by atoms with Gasteiger partial charge in [0.2, 0.25) is 0 Å². The Morgan fingerprint density at radius 3 is 2.50 bits per heavy atom. The number of rotatable bonds is 4. The molecule has 2 nitrogen and oxygen atoms in total. The average molecular weight is 232 g/mol. The molecule has 1 rings (SSSR count). The Hall–Kier alpha value is -1.52. The normalized spacial score (nSPS) is 10.6. The van der Waals surface area contributed by atoms with Crippen LogP contribution < -0.4 is 4.74 Å². The molecule has 0 aliphatic heterocycles. The highest BCUT2D eigenvalue weighted by Crippen LogP contribution is 2.32. The van der Waals surface area contributed by atoms with Gasteiger partial charge in [-0.2, -0.15) is 0 Å². The number of benzene rings is 1. The van der Waals surface area contributed by atoms with E-state index >= 15 is 0 Å². The van der Waals surface area contributed by atoms with Crippen molar-refractivity contribution in [1.82, 2.24) is 0 Å². The lowest BCUT2D eigenvalue weighted by molar-refractivity contribution is 0.101. The first kappa shape index (κ1) is 12.5. The zero-order valence-electron chi connectivity index (χ0n) is 8.89. The van der Waals surface area contributed by atoms with Crippen molar-refractivity contribution in [3.8, 4) is 5.75 Å². The summed E-state index contributed by atoms with van der Waals surface area (Å²) in [4.78, 5) is 11.0. The molecule has 0 heterocycles. The van der Waals surface area contributed by atoms with E-state index in [1.165, 1.54) is 6.92 Å². The molecule has 16 heavy (non-hydrogen) atoms. The fourth-order valence-corrected chi connectivity index (χ4v) is 1.28. The minimum atomic E-state index is -2.97. The molecular formula is C11H11F3O2. The summed E-state index contributed by atoms with van der Waals surface area (Å²) >= 11 is 0. The Kier molecular flexibility index (Phi) is 3.93. The van der Waals surface area contributed by atoms with E-state index in [1.807, 2.05) is 0 Å². The lowest BCUT2D eigenvalue weighted by atomic mass is 10.1. The van der Waals surface area contributed by atoms with Gasteiger partial charge in [-0.05, 0) is 26.0 Å². The number of halogens is 3. The third kappa shape index (κ3) is 2.53. The van der Waals surface area contributed by atoms with Gasteiger partial charge < -0.3 is 4.74 Å². The summed E-state index contributed by atoms with van der Waals surface area (Å²) in [6.07, 6.45) is -2.97. The SMILES string of the molecule is CCOc1cc(C(C)=O)cc(F)c1C(F)F. The Morgan fingerprint density at radius 1 is 1.44 bits per heavy atom. The van der Waals surface area contributed by atoms with Gasteiger partial charge in [0.25, 0.3) is 6.43 Å². The first-order chi connectivity index (χ1) is 7.47. The number of hydrogen-bond acceptors (Lipinski definition) is 2. The first-order valence-corrected chi connectivity index (χ1v) is 4.72. The standard InChI is InChI=1S/C11H11F3O2/c1-3-16-9-5-7(6(2)15)4-8(12)10(9)11(13)14/h4-5,11H,3H2,1-2H3. The lowest BCUT2D eigenvalue weighted by Gasteiger charge is -2.11. The lowest BCUT2D eigenvalue weighted by Crippen LogP contribution is -2.03. The second-order valence-electron chi connectivity index (χ2n) is 3.16. The first-order valence-electron chi connectivity index (χ1n) is 4.72. The molecule has 0 N–H and O–H groups in total. The van der Waals surface area contributed by atoms with Gasteiger partial charge in [-0.25, -0.2) is 13.2 Å². The maximum atomic E-state index is 13.3. The third-order valence-corrected chi connectivity index (χ3v) is 2.02. The van der Waals surface area contributed by atoms with E-state index in [9.17, 15) is 18.0 Å². The Bertz CT molecular complexity index is 402. The van der Waals surface area contributed by atoms with Crippen molar-refractivity contribution in [2.75, 3.05) is 6.61 Å². The quantitative estimate of drug-likeness (QED) is 0.744. The molecule has 0 saturated carbocycles. The summed E-state index contributed by atoms with van der Waals surface area (Å²) in [6.45, 7) is 2.95. The zero-order valence-corrected chi connectivity index (χ0v) is 8.89. The van der Waals surface area contributed by atoms with Crippen LogP contribution in [-0.4, -0.2) is 12.4 Å². The summed E-state index contributed by atoms with van der Waals surface area (Å²) in [5.74, 6) is -1.80. The number of carbonyl (C=O) groups excluding carboxylic acids is 1. The molecule has 0 unspecified atom stereocenters. The van der Waals surface area contributed by atoms with Crippen LogP contribution in [0.1, 0.15) is 36.2 Å². The molecule has 0 aliphatic rings. The number of alkyl halides is 2. The second-order valence-corrected chi connectivity index (χ2v) is 3.16. The molecule has 0 amide bonds. The van der Waals surface area contributed by atoms with E-state index in [4.69, 9.17) is 4.74 Å². The molecule has 0 atom stereocenters. The van der Waals surface area contributed by atoms with E-state index in [1.54, 1.807) is 6.92 Å². The van der Waals surface area contributed by atoms with Crippen LogP contribution in [0.5, 0.6) is 5.75 Å². The summed E-state index contributed by atoms with van der Waals surface area (Å²) in [5, 5.41) is 0. The Labute approximate surface area is 91.0 Å². The minimum Gasteiger partial charge on any atom is -0.493 e. The molecule has 88 valence electrons. The largest absolute Gasteiger partial charge is 0.493 e. The number of carbonyl (C=O) groups is 1. The Balaban J connectivity index is 3.33. The van der Waals surface area contributed by atoms with Crippen molar-refractivity contribution in [3.05, 3.63) is 29.1 Å². The predicted molar refractivity (Wildman–Crippen MR) is 52.5 cm³/mol. The van der Waals surface area contributed by atoms with E-state index in [0.29, 0.717) is 0 Å². The van der Waals surface area contributed by atoms with Crippen molar-refractivity contribution in [2.24, 2.45) is 0 Å². The van der Waals surface area contributed by atoms with Gasteiger partial charge in [-0.3, -0.25) is 4.79 Å². The van der Waals surface area contributed by atoms with E-state index < -0.39 is 23.6 Å². The van der Waals surface area contributed by atoms with Crippen LogP contribution in [0.2, 0.25) is 0 Å². The maximum absolute atomic E-state index is 13.3. The number of ketones is 1. The molecule has 5 heteroatoms. The fourth-order valence-electron chi connectivity index (χ4n) is 1.28.